The lowest BCUT2D eigenvalue weighted by atomic mass is 10.1. The summed E-state index contributed by atoms with van der Waals surface area (Å²) in [5.41, 5.74) is 0.924. The van der Waals surface area contributed by atoms with Crippen LogP contribution in [0, 0.1) is 0 Å². The zero-order valence-corrected chi connectivity index (χ0v) is 15.3. The van der Waals surface area contributed by atoms with Crippen LogP contribution in [0.25, 0.3) is 6.08 Å². The molecule has 6 heteroatoms. The Morgan fingerprint density at radius 3 is 2.68 bits per heavy atom. The maximum atomic E-state index is 12.8. The van der Waals surface area contributed by atoms with Gasteiger partial charge in [0, 0.05) is 29.1 Å². The summed E-state index contributed by atoms with van der Waals surface area (Å²) in [5.74, 6) is -0.350. The summed E-state index contributed by atoms with van der Waals surface area (Å²) in [6.07, 6.45) is 6.40. The Kier molecular flexibility index (Phi) is 5.89. The second-order valence-corrected chi connectivity index (χ2v) is 7.30. The van der Waals surface area contributed by atoms with E-state index in [1.165, 1.54) is 6.08 Å². The molecular weight excluding hydrogens is 356 g/mol. The summed E-state index contributed by atoms with van der Waals surface area (Å²) in [6, 6.07) is 8.83. The van der Waals surface area contributed by atoms with Crippen LogP contribution < -0.4 is 5.32 Å². The summed E-state index contributed by atoms with van der Waals surface area (Å²) in [4.78, 5) is 27.8. The molecule has 0 radical (unpaired) electrons. The molecule has 2 heterocycles. The van der Waals surface area contributed by atoms with Gasteiger partial charge in [0.05, 0.1) is 11.3 Å². The topological polar surface area (TPSA) is 49.4 Å². The van der Waals surface area contributed by atoms with Crippen LogP contribution in [0.1, 0.15) is 34.5 Å². The molecule has 25 heavy (non-hydrogen) atoms. The summed E-state index contributed by atoms with van der Waals surface area (Å²) in [5, 5.41) is 5.21. The first-order chi connectivity index (χ1) is 12.1. The molecule has 2 amide bonds. The number of benzene rings is 1. The number of hydrogen-bond acceptors (Lipinski definition) is 3. The van der Waals surface area contributed by atoms with E-state index >= 15 is 0 Å². The fraction of sp³-hybridized carbons (Fsp3) is 0.263. The van der Waals surface area contributed by atoms with Crippen molar-refractivity contribution in [2.24, 2.45) is 0 Å². The Labute approximate surface area is 156 Å². The predicted molar refractivity (Wildman–Crippen MR) is 103 cm³/mol. The minimum Gasteiger partial charge on any atom is -0.339 e. The Bertz CT molecular complexity index is 781. The summed E-state index contributed by atoms with van der Waals surface area (Å²) in [6.45, 7) is 1.51. The molecule has 1 aliphatic rings. The van der Waals surface area contributed by atoms with Crippen molar-refractivity contribution >= 4 is 46.5 Å². The second-order valence-electron chi connectivity index (χ2n) is 5.88. The maximum Gasteiger partial charge on any atom is 0.255 e. The molecule has 0 bridgehead atoms. The average Bonchev–Trinajstić information content (AvgIpc) is 3.14. The van der Waals surface area contributed by atoms with E-state index in [4.69, 9.17) is 11.6 Å². The first-order valence-corrected chi connectivity index (χ1v) is 9.50. The van der Waals surface area contributed by atoms with Crippen LogP contribution in [-0.4, -0.2) is 29.8 Å². The number of piperidine rings is 1. The van der Waals surface area contributed by atoms with Crippen molar-refractivity contribution in [1.29, 1.82) is 0 Å². The number of likely N-dealkylation sites (tertiary alicyclic amines) is 1. The minimum atomic E-state index is -0.289. The van der Waals surface area contributed by atoms with Crippen LogP contribution >= 0.6 is 22.9 Å². The molecule has 1 aliphatic heterocycles. The number of anilines is 1. The molecular formula is C19H19ClN2O2S. The molecule has 0 atom stereocenters. The number of amides is 2. The van der Waals surface area contributed by atoms with Gasteiger partial charge in [0.25, 0.3) is 5.91 Å². The van der Waals surface area contributed by atoms with Crippen LogP contribution in [0.5, 0.6) is 0 Å². The van der Waals surface area contributed by atoms with Crippen LogP contribution in [0.3, 0.4) is 0 Å². The molecule has 1 saturated heterocycles. The van der Waals surface area contributed by atoms with Gasteiger partial charge in [-0.3, -0.25) is 9.59 Å². The molecule has 1 aromatic carbocycles. The number of rotatable bonds is 4. The molecule has 0 spiro atoms. The first-order valence-electron chi connectivity index (χ1n) is 8.25. The largest absolute Gasteiger partial charge is 0.339 e. The van der Waals surface area contributed by atoms with Crippen LogP contribution in [0.2, 0.25) is 5.02 Å². The minimum absolute atomic E-state index is 0.0612. The number of carbonyl (C=O) groups is 2. The van der Waals surface area contributed by atoms with E-state index in [9.17, 15) is 9.59 Å². The number of carbonyl (C=O) groups excluding carboxylic acids is 2. The summed E-state index contributed by atoms with van der Waals surface area (Å²) < 4.78 is 0. The third-order valence-corrected chi connectivity index (χ3v) is 5.13. The van der Waals surface area contributed by atoms with E-state index in [0.717, 1.165) is 37.2 Å². The van der Waals surface area contributed by atoms with Gasteiger partial charge in [0.15, 0.2) is 0 Å². The third-order valence-electron chi connectivity index (χ3n) is 4.06. The standard InChI is InChI=1S/C19H19ClN2O2S/c20-14-6-8-16(19(24)22-10-2-1-3-11-22)17(13-14)21-18(23)9-7-15-5-4-12-25-15/h4-9,12-13H,1-3,10-11H2,(H,21,23)/b9-7+. The van der Waals surface area contributed by atoms with E-state index in [1.807, 2.05) is 22.4 Å². The smallest absolute Gasteiger partial charge is 0.255 e. The number of hydrogen-bond donors (Lipinski definition) is 1. The zero-order chi connectivity index (χ0) is 17.6. The molecule has 1 aromatic heterocycles. The third kappa shape index (κ3) is 4.71. The summed E-state index contributed by atoms with van der Waals surface area (Å²) in [7, 11) is 0. The SMILES string of the molecule is O=C(/C=C/c1cccs1)Nc1cc(Cl)ccc1C(=O)N1CCCCC1. The number of nitrogens with one attached hydrogen (secondary N) is 1. The molecule has 1 fully saturated rings. The van der Waals surface area contributed by atoms with Crippen molar-refractivity contribution in [3.8, 4) is 0 Å². The van der Waals surface area contributed by atoms with Gasteiger partial charge in [0.2, 0.25) is 5.91 Å². The quantitative estimate of drug-likeness (QED) is 0.790. The van der Waals surface area contributed by atoms with Crippen molar-refractivity contribution < 1.29 is 9.59 Å². The monoisotopic (exact) mass is 374 g/mol. The van der Waals surface area contributed by atoms with Crippen molar-refractivity contribution in [3.63, 3.8) is 0 Å². The number of nitrogens with zero attached hydrogens (tertiary/aromatic N) is 1. The lowest BCUT2D eigenvalue weighted by Crippen LogP contribution is -2.36. The van der Waals surface area contributed by atoms with Crippen molar-refractivity contribution in [3.05, 3.63) is 57.3 Å². The molecule has 3 rings (SSSR count). The van der Waals surface area contributed by atoms with Crippen molar-refractivity contribution in [2.45, 2.75) is 19.3 Å². The first kappa shape index (κ1) is 17.7. The van der Waals surface area contributed by atoms with Crippen LogP contribution in [0.15, 0.2) is 41.8 Å². The van der Waals surface area contributed by atoms with E-state index in [2.05, 4.69) is 5.32 Å². The molecule has 0 aliphatic carbocycles. The van der Waals surface area contributed by atoms with E-state index in [-0.39, 0.29) is 11.8 Å². The Hall–Kier alpha value is -2.11. The van der Waals surface area contributed by atoms with Gasteiger partial charge < -0.3 is 10.2 Å². The average molecular weight is 375 g/mol. The molecule has 130 valence electrons. The fourth-order valence-corrected chi connectivity index (χ4v) is 3.58. The number of thiophene rings is 1. The lowest BCUT2D eigenvalue weighted by Gasteiger charge is -2.27. The van der Waals surface area contributed by atoms with Crippen LogP contribution in [-0.2, 0) is 4.79 Å². The highest BCUT2D eigenvalue weighted by molar-refractivity contribution is 7.10. The van der Waals surface area contributed by atoms with Crippen molar-refractivity contribution in [1.82, 2.24) is 4.90 Å². The second kappa shape index (κ2) is 8.32. The predicted octanol–water partition coefficient (Wildman–Crippen LogP) is 4.68. The molecule has 4 nitrogen and oxygen atoms in total. The van der Waals surface area contributed by atoms with Crippen molar-refractivity contribution in [2.75, 3.05) is 18.4 Å². The highest BCUT2D eigenvalue weighted by atomic mass is 35.5. The van der Waals surface area contributed by atoms with Gasteiger partial charge >= 0.3 is 0 Å². The van der Waals surface area contributed by atoms with E-state index in [1.54, 1.807) is 35.6 Å². The number of halogens is 1. The Morgan fingerprint density at radius 1 is 1.16 bits per heavy atom. The molecule has 2 aromatic rings. The highest BCUT2D eigenvalue weighted by Gasteiger charge is 2.21. The van der Waals surface area contributed by atoms with Gasteiger partial charge in [-0.05, 0) is 55.0 Å². The fourth-order valence-electron chi connectivity index (χ4n) is 2.79. The molecule has 0 unspecified atom stereocenters. The van der Waals surface area contributed by atoms with Gasteiger partial charge in [-0.25, -0.2) is 0 Å². The van der Waals surface area contributed by atoms with E-state index in [0.29, 0.717) is 16.3 Å². The lowest BCUT2D eigenvalue weighted by molar-refractivity contribution is -0.111. The highest BCUT2D eigenvalue weighted by Crippen LogP contribution is 2.24. The Morgan fingerprint density at radius 2 is 1.96 bits per heavy atom. The maximum absolute atomic E-state index is 12.8. The Balaban J connectivity index is 1.76. The molecule has 0 saturated carbocycles. The zero-order valence-electron chi connectivity index (χ0n) is 13.7. The van der Waals surface area contributed by atoms with Gasteiger partial charge in [-0.2, -0.15) is 0 Å². The van der Waals surface area contributed by atoms with Crippen LogP contribution in [0.4, 0.5) is 5.69 Å². The van der Waals surface area contributed by atoms with Gasteiger partial charge in [-0.15, -0.1) is 11.3 Å². The van der Waals surface area contributed by atoms with Gasteiger partial charge in [-0.1, -0.05) is 17.7 Å². The van der Waals surface area contributed by atoms with E-state index < -0.39 is 0 Å². The summed E-state index contributed by atoms with van der Waals surface area (Å²) >= 11 is 7.61. The normalized spacial score (nSPS) is 14.7. The van der Waals surface area contributed by atoms with Gasteiger partial charge in [0.1, 0.15) is 0 Å². The molecule has 1 N–H and O–H groups in total.